The lowest BCUT2D eigenvalue weighted by molar-refractivity contribution is 0.0506. The van der Waals surface area contributed by atoms with Crippen LogP contribution in [0.1, 0.15) is 37.8 Å². The van der Waals surface area contributed by atoms with Crippen molar-refractivity contribution in [1.29, 1.82) is 0 Å². The van der Waals surface area contributed by atoms with Crippen LogP contribution in [-0.4, -0.2) is 16.1 Å². The smallest absolute Gasteiger partial charge is 0.161 e. The van der Waals surface area contributed by atoms with Gasteiger partial charge in [-0.3, -0.25) is 0 Å². The highest BCUT2D eigenvalue weighted by Gasteiger charge is 2.50. The number of amidine groups is 1. The fraction of sp³-hybridized carbons (Fsp3) is 0.500. The fourth-order valence-corrected chi connectivity index (χ4v) is 4.80. The molecule has 1 atom stereocenters. The Morgan fingerprint density at radius 2 is 2.00 bits per heavy atom. The Hall–Kier alpha value is -1.81. The summed E-state index contributed by atoms with van der Waals surface area (Å²) in [5.41, 5.74) is 9.34. The first-order valence-electron chi connectivity index (χ1n) is 8.43. The molecule has 1 aliphatic heterocycles. The van der Waals surface area contributed by atoms with E-state index in [0.717, 1.165) is 11.8 Å². The van der Waals surface area contributed by atoms with E-state index < -0.39 is 0 Å². The Morgan fingerprint density at radius 3 is 2.73 bits per heavy atom. The molecular formula is C18H22N4. The zero-order valence-electron chi connectivity index (χ0n) is 13.0. The zero-order chi connectivity index (χ0) is 14.7. The van der Waals surface area contributed by atoms with Gasteiger partial charge in [0.15, 0.2) is 5.84 Å². The molecule has 4 nitrogen and oxygen atoms in total. The number of benzene rings is 1. The highest BCUT2D eigenvalue weighted by Crippen LogP contribution is 2.48. The molecule has 0 saturated heterocycles. The molecule has 0 amide bonds. The van der Waals surface area contributed by atoms with Crippen molar-refractivity contribution in [2.45, 2.75) is 37.8 Å². The van der Waals surface area contributed by atoms with Crippen LogP contribution in [0.4, 0.5) is 0 Å². The van der Waals surface area contributed by atoms with E-state index in [1.54, 1.807) is 0 Å². The van der Waals surface area contributed by atoms with E-state index in [1.807, 2.05) is 0 Å². The lowest BCUT2D eigenvalue weighted by atomic mass is 9.65. The number of aromatic nitrogens is 1. The maximum Gasteiger partial charge on any atom is 0.161 e. The molecule has 2 N–H and O–H groups in total. The van der Waals surface area contributed by atoms with Crippen molar-refractivity contribution in [3.05, 3.63) is 36.0 Å². The predicted molar refractivity (Wildman–Crippen MR) is 88.5 cm³/mol. The van der Waals surface area contributed by atoms with Crippen LogP contribution in [0, 0.1) is 11.8 Å². The van der Waals surface area contributed by atoms with Gasteiger partial charge >= 0.3 is 0 Å². The van der Waals surface area contributed by atoms with Crippen molar-refractivity contribution in [1.82, 2.24) is 15.4 Å². The van der Waals surface area contributed by atoms with Crippen LogP contribution in [-0.2, 0) is 7.05 Å². The van der Waals surface area contributed by atoms with Crippen molar-refractivity contribution in [3.8, 4) is 0 Å². The Kier molecular flexibility index (Phi) is 2.51. The summed E-state index contributed by atoms with van der Waals surface area (Å²) in [6.45, 7) is 0. The highest BCUT2D eigenvalue weighted by atomic mass is 15.5. The lowest BCUT2D eigenvalue weighted by Gasteiger charge is -2.47. The standard InChI is InChI=1S/C18H22N4/c1-22-15-5-3-2-4-13(15)10-16(22)17-19-18(21-20-17)11-12-6-8-14(18)9-7-12/h2-5,10,12,14,21H,6-9,11H2,1H3,(H,19,20)/t12?,14?,18-/m1/s1. The summed E-state index contributed by atoms with van der Waals surface area (Å²) >= 11 is 0. The van der Waals surface area contributed by atoms with Gasteiger partial charge in [0.05, 0.1) is 5.69 Å². The summed E-state index contributed by atoms with van der Waals surface area (Å²) in [4.78, 5) is 5.16. The molecule has 3 saturated carbocycles. The second-order valence-electron chi connectivity index (χ2n) is 7.20. The Balaban J connectivity index is 1.58. The third-order valence-electron chi connectivity index (χ3n) is 6.02. The second kappa shape index (κ2) is 4.35. The number of hydrogen-bond acceptors (Lipinski definition) is 3. The monoisotopic (exact) mass is 294 g/mol. The molecule has 114 valence electrons. The first-order chi connectivity index (χ1) is 10.8. The number of aliphatic imine (C=N–C) groups is 1. The molecule has 3 fully saturated rings. The van der Waals surface area contributed by atoms with Crippen molar-refractivity contribution in [2.24, 2.45) is 23.9 Å². The molecular weight excluding hydrogens is 272 g/mol. The summed E-state index contributed by atoms with van der Waals surface area (Å²) in [6.07, 6.45) is 6.63. The number of para-hydroxylation sites is 1. The quantitative estimate of drug-likeness (QED) is 0.849. The van der Waals surface area contributed by atoms with E-state index in [2.05, 4.69) is 52.8 Å². The molecule has 1 spiro atoms. The molecule has 4 heteroatoms. The number of rotatable bonds is 1. The Labute approximate surface area is 130 Å². The number of hydrogen-bond donors (Lipinski definition) is 2. The van der Waals surface area contributed by atoms with Gasteiger partial charge < -0.3 is 9.99 Å². The fourth-order valence-electron chi connectivity index (χ4n) is 4.80. The minimum atomic E-state index is -0.0487. The van der Waals surface area contributed by atoms with Crippen molar-refractivity contribution < 1.29 is 0 Å². The van der Waals surface area contributed by atoms with Crippen LogP contribution in [0.5, 0.6) is 0 Å². The average molecular weight is 294 g/mol. The highest BCUT2D eigenvalue weighted by molar-refractivity contribution is 6.02. The van der Waals surface area contributed by atoms with Gasteiger partial charge in [0, 0.05) is 18.0 Å². The maximum atomic E-state index is 5.16. The van der Waals surface area contributed by atoms with E-state index in [0.29, 0.717) is 5.92 Å². The molecule has 0 radical (unpaired) electrons. The van der Waals surface area contributed by atoms with Crippen LogP contribution in [0.15, 0.2) is 35.3 Å². The van der Waals surface area contributed by atoms with Gasteiger partial charge in [0.1, 0.15) is 5.66 Å². The average Bonchev–Trinajstić information content (AvgIpc) is 3.11. The molecule has 3 aliphatic carbocycles. The summed E-state index contributed by atoms with van der Waals surface area (Å²) in [5.74, 6) is 2.55. The van der Waals surface area contributed by atoms with E-state index in [4.69, 9.17) is 4.99 Å². The zero-order valence-corrected chi connectivity index (χ0v) is 13.0. The van der Waals surface area contributed by atoms with Crippen molar-refractivity contribution in [2.75, 3.05) is 0 Å². The molecule has 22 heavy (non-hydrogen) atoms. The van der Waals surface area contributed by atoms with E-state index >= 15 is 0 Å². The van der Waals surface area contributed by atoms with Gasteiger partial charge in [-0.1, -0.05) is 18.2 Å². The van der Waals surface area contributed by atoms with Crippen LogP contribution >= 0.6 is 0 Å². The normalized spacial score (nSPS) is 33.4. The van der Waals surface area contributed by atoms with Gasteiger partial charge in [-0.05, 0) is 56.1 Å². The van der Waals surface area contributed by atoms with E-state index in [-0.39, 0.29) is 5.66 Å². The van der Waals surface area contributed by atoms with Crippen LogP contribution in [0.25, 0.3) is 10.9 Å². The van der Waals surface area contributed by atoms with Crippen molar-refractivity contribution >= 4 is 16.7 Å². The SMILES string of the molecule is Cn1c(C2=N[C@]3(CC4CCC3CC4)NN2)cc2ccccc21. The molecule has 2 bridgehead atoms. The number of nitrogens with zero attached hydrogens (tertiary/aromatic N) is 2. The molecule has 2 aromatic rings. The third-order valence-corrected chi connectivity index (χ3v) is 6.02. The van der Waals surface area contributed by atoms with Gasteiger partial charge in [-0.15, -0.1) is 0 Å². The second-order valence-corrected chi connectivity index (χ2v) is 7.20. The maximum absolute atomic E-state index is 5.16. The number of nitrogens with one attached hydrogen (secondary N) is 2. The molecule has 1 aromatic carbocycles. The summed E-state index contributed by atoms with van der Waals surface area (Å²) < 4.78 is 2.24. The van der Waals surface area contributed by atoms with Crippen molar-refractivity contribution in [3.63, 3.8) is 0 Å². The Bertz CT molecular complexity index is 766. The molecule has 0 unspecified atom stereocenters. The van der Waals surface area contributed by atoms with Gasteiger partial charge in [-0.2, -0.15) is 0 Å². The van der Waals surface area contributed by atoms with Gasteiger partial charge in [0.2, 0.25) is 0 Å². The number of aryl methyl sites for hydroxylation is 1. The largest absolute Gasteiger partial charge is 0.341 e. The Morgan fingerprint density at radius 1 is 1.18 bits per heavy atom. The predicted octanol–water partition coefficient (Wildman–Crippen LogP) is 2.94. The minimum absolute atomic E-state index is 0.0487. The summed E-state index contributed by atoms with van der Waals surface area (Å²) in [6, 6.07) is 10.8. The minimum Gasteiger partial charge on any atom is -0.341 e. The summed E-state index contributed by atoms with van der Waals surface area (Å²) in [5, 5.41) is 1.27. The topological polar surface area (TPSA) is 41.4 Å². The summed E-state index contributed by atoms with van der Waals surface area (Å²) in [7, 11) is 2.12. The molecule has 1 aromatic heterocycles. The number of fused-ring (bicyclic) bond motifs is 3. The van der Waals surface area contributed by atoms with E-state index in [9.17, 15) is 0 Å². The first-order valence-corrected chi connectivity index (χ1v) is 8.43. The van der Waals surface area contributed by atoms with Crippen LogP contribution in [0.2, 0.25) is 0 Å². The number of hydrazine groups is 1. The van der Waals surface area contributed by atoms with Crippen LogP contribution in [0.3, 0.4) is 0 Å². The van der Waals surface area contributed by atoms with E-state index in [1.165, 1.54) is 48.7 Å². The third kappa shape index (κ3) is 1.64. The molecule has 4 aliphatic rings. The molecule has 2 heterocycles. The van der Waals surface area contributed by atoms with Crippen LogP contribution < -0.4 is 10.9 Å². The first kappa shape index (κ1) is 12.7. The molecule has 6 rings (SSSR count). The van der Waals surface area contributed by atoms with Gasteiger partial charge in [-0.25, -0.2) is 10.4 Å². The lowest BCUT2D eigenvalue weighted by Crippen LogP contribution is -2.56. The van der Waals surface area contributed by atoms with Gasteiger partial charge in [0.25, 0.3) is 0 Å².